The summed E-state index contributed by atoms with van der Waals surface area (Å²) in [6.07, 6.45) is 1.25. The molecular formula is C16H27ClN4. The van der Waals surface area contributed by atoms with Crippen molar-refractivity contribution in [3.05, 3.63) is 16.5 Å². The Bertz CT molecular complexity index is 487. The van der Waals surface area contributed by atoms with Crippen LogP contribution in [-0.4, -0.2) is 40.5 Å². The normalized spacial score (nSPS) is 19.7. The third-order valence-electron chi connectivity index (χ3n) is 4.23. The highest BCUT2D eigenvalue weighted by molar-refractivity contribution is 6.30. The Hall–Kier alpha value is -0.870. The lowest BCUT2D eigenvalue weighted by molar-refractivity contribution is 0.266. The molecule has 0 amide bonds. The minimum Gasteiger partial charge on any atom is -0.369 e. The fourth-order valence-corrected chi connectivity index (χ4v) is 2.85. The first kappa shape index (κ1) is 16.5. The van der Waals surface area contributed by atoms with Crippen LogP contribution in [-0.2, 0) is 0 Å². The lowest BCUT2D eigenvalue weighted by atomic mass is 10.1. The quantitative estimate of drug-likeness (QED) is 0.842. The monoisotopic (exact) mass is 310 g/mol. The second-order valence-corrected chi connectivity index (χ2v) is 6.98. The maximum absolute atomic E-state index is 6.22. The first-order valence-corrected chi connectivity index (χ1v) is 8.28. The van der Waals surface area contributed by atoms with E-state index in [1.54, 1.807) is 0 Å². The number of rotatable bonds is 5. The summed E-state index contributed by atoms with van der Waals surface area (Å²) in [5.41, 5.74) is 0.944. The maximum atomic E-state index is 6.22. The topological polar surface area (TPSA) is 41.1 Å². The number of hydrogen-bond acceptors (Lipinski definition) is 4. The summed E-state index contributed by atoms with van der Waals surface area (Å²) in [7, 11) is 0. The molecule has 1 atom stereocenters. The summed E-state index contributed by atoms with van der Waals surface area (Å²) in [5.74, 6) is 2.67. The molecule has 0 spiro atoms. The van der Waals surface area contributed by atoms with Gasteiger partial charge in [0.25, 0.3) is 0 Å². The number of hydrogen-bond donors (Lipinski definition) is 1. The Labute approximate surface area is 133 Å². The van der Waals surface area contributed by atoms with Crippen LogP contribution in [0, 0.1) is 12.8 Å². The predicted molar refractivity (Wildman–Crippen MR) is 89.2 cm³/mol. The van der Waals surface area contributed by atoms with E-state index in [1.807, 2.05) is 6.92 Å². The van der Waals surface area contributed by atoms with Crippen molar-refractivity contribution in [3.63, 3.8) is 0 Å². The zero-order valence-electron chi connectivity index (χ0n) is 13.8. The van der Waals surface area contributed by atoms with Crippen LogP contribution >= 0.6 is 11.6 Å². The third-order valence-corrected chi connectivity index (χ3v) is 4.59. The fourth-order valence-electron chi connectivity index (χ4n) is 2.68. The van der Waals surface area contributed by atoms with Gasteiger partial charge in [-0.25, -0.2) is 9.97 Å². The van der Waals surface area contributed by atoms with Crippen molar-refractivity contribution in [1.29, 1.82) is 0 Å². The molecular weight excluding hydrogens is 284 g/mol. The largest absolute Gasteiger partial charge is 0.369 e. The average Bonchev–Trinajstić information content (AvgIpc) is 2.89. The molecule has 21 heavy (non-hydrogen) atoms. The van der Waals surface area contributed by atoms with Gasteiger partial charge >= 0.3 is 0 Å². The lowest BCUT2D eigenvalue weighted by Gasteiger charge is -2.20. The van der Waals surface area contributed by atoms with Gasteiger partial charge < -0.3 is 10.2 Å². The minimum atomic E-state index is 0.284. The molecule has 0 radical (unpaired) electrons. The van der Waals surface area contributed by atoms with Crippen molar-refractivity contribution in [1.82, 2.24) is 14.9 Å². The maximum Gasteiger partial charge on any atom is 0.137 e. The SMILES string of the molecule is Cc1c(Cl)nc(C(C)C)nc1NCC1CCN(C(C)C)C1. The summed E-state index contributed by atoms with van der Waals surface area (Å²) < 4.78 is 0. The summed E-state index contributed by atoms with van der Waals surface area (Å²) in [5, 5.41) is 4.05. The molecule has 1 aromatic heterocycles. The highest BCUT2D eigenvalue weighted by Crippen LogP contribution is 2.24. The van der Waals surface area contributed by atoms with Crippen molar-refractivity contribution in [3.8, 4) is 0 Å². The zero-order chi connectivity index (χ0) is 15.6. The molecule has 0 aromatic carbocycles. The van der Waals surface area contributed by atoms with Crippen LogP contribution in [0.25, 0.3) is 0 Å². The van der Waals surface area contributed by atoms with Crippen molar-refractivity contribution in [2.75, 3.05) is 25.0 Å². The van der Waals surface area contributed by atoms with E-state index in [-0.39, 0.29) is 5.92 Å². The van der Waals surface area contributed by atoms with E-state index in [2.05, 4.69) is 47.9 Å². The highest BCUT2D eigenvalue weighted by Gasteiger charge is 2.24. The van der Waals surface area contributed by atoms with Gasteiger partial charge in [-0.2, -0.15) is 0 Å². The standard InChI is InChI=1S/C16H27ClN4/c1-10(2)15-19-14(17)12(5)16(20-15)18-8-13-6-7-21(9-13)11(3)4/h10-11,13H,6-9H2,1-5H3,(H,18,19,20). The number of nitrogens with one attached hydrogen (secondary N) is 1. The highest BCUT2D eigenvalue weighted by atomic mass is 35.5. The van der Waals surface area contributed by atoms with Crippen LogP contribution in [0.1, 0.15) is 51.4 Å². The van der Waals surface area contributed by atoms with Gasteiger partial charge in [-0.15, -0.1) is 0 Å². The van der Waals surface area contributed by atoms with Crippen LogP contribution in [0.3, 0.4) is 0 Å². The molecule has 1 saturated heterocycles. The molecule has 1 aliphatic heterocycles. The zero-order valence-corrected chi connectivity index (χ0v) is 14.5. The third kappa shape index (κ3) is 4.07. The molecule has 0 saturated carbocycles. The number of halogens is 1. The summed E-state index contributed by atoms with van der Waals surface area (Å²) in [4.78, 5) is 11.5. The van der Waals surface area contributed by atoms with E-state index >= 15 is 0 Å². The molecule has 0 bridgehead atoms. The van der Waals surface area contributed by atoms with E-state index in [1.165, 1.54) is 19.5 Å². The molecule has 1 fully saturated rings. The number of anilines is 1. The van der Waals surface area contributed by atoms with Crippen molar-refractivity contribution >= 4 is 17.4 Å². The lowest BCUT2D eigenvalue weighted by Crippen LogP contribution is -2.29. The van der Waals surface area contributed by atoms with E-state index < -0.39 is 0 Å². The minimum absolute atomic E-state index is 0.284. The van der Waals surface area contributed by atoms with Gasteiger partial charge in [0, 0.05) is 30.6 Å². The van der Waals surface area contributed by atoms with E-state index in [9.17, 15) is 0 Å². The molecule has 1 aliphatic rings. The Morgan fingerprint density at radius 3 is 2.57 bits per heavy atom. The van der Waals surface area contributed by atoms with Gasteiger partial charge in [-0.1, -0.05) is 25.4 Å². The fraction of sp³-hybridized carbons (Fsp3) is 0.750. The predicted octanol–water partition coefficient (Wildman–Crippen LogP) is 3.70. The van der Waals surface area contributed by atoms with E-state index in [0.29, 0.717) is 17.1 Å². The molecule has 2 heterocycles. The summed E-state index contributed by atoms with van der Waals surface area (Å²) >= 11 is 6.22. The van der Waals surface area contributed by atoms with E-state index in [0.717, 1.165) is 23.8 Å². The number of nitrogens with zero attached hydrogens (tertiary/aromatic N) is 3. The number of likely N-dealkylation sites (tertiary alicyclic amines) is 1. The first-order chi connectivity index (χ1) is 9.88. The van der Waals surface area contributed by atoms with Gasteiger partial charge in [0.1, 0.15) is 16.8 Å². The second kappa shape index (κ2) is 6.93. The van der Waals surface area contributed by atoms with Gasteiger partial charge in [0.05, 0.1) is 0 Å². The Balaban J connectivity index is 2.00. The van der Waals surface area contributed by atoms with Crippen LogP contribution in [0.5, 0.6) is 0 Å². The molecule has 2 rings (SSSR count). The molecule has 1 aromatic rings. The van der Waals surface area contributed by atoms with Crippen LogP contribution in [0.2, 0.25) is 5.15 Å². The number of aromatic nitrogens is 2. The van der Waals surface area contributed by atoms with Gasteiger partial charge in [-0.05, 0) is 39.7 Å². The molecule has 4 nitrogen and oxygen atoms in total. The average molecular weight is 311 g/mol. The van der Waals surface area contributed by atoms with Gasteiger partial charge in [0.15, 0.2) is 0 Å². The molecule has 1 N–H and O–H groups in total. The molecule has 0 aliphatic carbocycles. The van der Waals surface area contributed by atoms with Gasteiger partial charge in [0.2, 0.25) is 0 Å². The van der Waals surface area contributed by atoms with Crippen molar-refractivity contribution < 1.29 is 0 Å². The molecule has 118 valence electrons. The smallest absolute Gasteiger partial charge is 0.137 e. The first-order valence-electron chi connectivity index (χ1n) is 7.90. The van der Waals surface area contributed by atoms with Crippen molar-refractivity contribution in [2.45, 2.75) is 53.0 Å². The molecule has 5 heteroatoms. The van der Waals surface area contributed by atoms with Crippen molar-refractivity contribution in [2.24, 2.45) is 5.92 Å². The summed E-state index contributed by atoms with van der Waals surface area (Å²) in [6.45, 7) is 14.0. The van der Waals surface area contributed by atoms with Crippen LogP contribution < -0.4 is 5.32 Å². The van der Waals surface area contributed by atoms with E-state index in [4.69, 9.17) is 11.6 Å². The Morgan fingerprint density at radius 1 is 1.29 bits per heavy atom. The second-order valence-electron chi connectivity index (χ2n) is 6.63. The van der Waals surface area contributed by atoms with Gasteiger partial charge in [-0.3, -0.25) is 0 Å². The van der Waals surface area contributed by atoms with Crippen LogP contribution in [0.15, 0.2) is 0 Å². The Kier molecular flexibility index (Phi) is 5.44. The summed E-state index contributed by atoms with van der Waals surface area (Å²) in [6, 6.07) is 0.637. The van der Waals surface area contributed by atoms with Crippen LogP contribution in [0.4, 0.5) is 5.82 Å². The Morgan fingerprint density at radius 2 is 2.00 bits per heavy atom. The molecule has 1 unspecified atom stereocenters.